The average molecular weight is 323 g/mol. The van der Waals surface area contributed by atoms with Crippen LogP contribution < -0.4 is 5.32 Å². The molecule has 0 aliphatic heterocycles. The number of halogens is 2. The molecule has 2 aromatic rings. The van der Waals surface area contributed by atoms with Crippen molar-refractivity contribution in [2.24, 2.45) is 0 Å². The number of aromatic nitrogens is 1. The standard InChI is InChI=1S/C15H16BrFN2/c1-10-9-19-6-5-13(10)15(18-2)8-11-7-12(16)3-4-14(11)17/h3-7,9,15,18H,8H2,1-2H3. The zero-order valence-corrected chi connectivity index (χ0v) is 12.5. The monoisotopic (exact) mass is 322 g/mol. The SMILES string of the molecule is CNC(Cc1cc(Br)ccc1F)c1ccncc1C. The molecular weight excluding hydrogens is 307 g/mol. The molecule has 0 saturated heterocycles. The van der Waals surface area contributed by atoms with E-state index in [4.69, 9.17) is 0 Å². The van der Waals surface area contributed by atoms with Crippen molar-refractivity contribution in [2.75, 3.05) is 7.05 Å². The molecule has 19 heavy (non-hydrogen) atoms. The lowest BCUT2D eigenvalue weighted by Crippen LogP contribution is -2.20. The summed E-state index contributed by atoms with van der Waals surface area (Å²) in [5.74, 6) is -0.171. The van der Waals surface area contributed by atoms with Crippen LogP contribution in [0.1, 0.15) is 22.7 Å². The molecule has 1 N–H and O–H groups in total. The number of benzene rings is 1. The summed E-state index contributed by atoms with van der Waals surface area (Å²) in [6.45, 7) is 2.02. The minimum Gasteiger partial charge on any atom is -0.313 e. The third kappa shape index (κ3) is 3.39. The fourth-order valence-electron chi connectivity index (χ4n) is 2.16. The van der Waals surface area contributed by atoms with E-state index in [1.807, 2.05) is 32.3 Å². The Labute approximate surface area is 121 Å². The lowest BCUT2D eigenvalue weighted by Gasteiger charge is -2.19. The molecule has 1 unspecified atom stereocenters. The van der Waals surface area contributed by atoms with Crippen LogP contribution >= 0.6 is 15.9 Å². The second-order valence-electron chi connectivity index (χ2n) is 4.51. The second-order valence-corrected chi connectivity index (χ2v) is 5.43. The van der Waals surface area contributed by atoms with Crippen molar-refractivity contribution >= 4 is 15.9 Å². The third-order valence-electron chi connectivity index (χ3n) is 3.22. The van der Waals surface area contributed by atoms with Crippen molar-refractivity contribution < 1.29 is 4.39 Å². The summed E-state index contributed by atoms with van der Waals surface area (Å²) in [5, 5.41) is 3.24. The van der Waals surface area contributed by atoms with Crippen molar-refractivity contribution in [1.29, 1.82) is 0 Å². The molecule has 0 amide bonds. The Morgan fingerprint density at radius 1 is 1.37 bits per heavy atom. The van der Waals surface area contributed by atoms with Gasteiger partial charge in [-0.3, -0.25) is 4.98 Å². The maximum atomic E-state index is 13.8. The largest absolute Gasteiger partial charge is 0.313 e. The average Bonchev–Trinajstić information content (AvgIpc) is 2.41. The molecule has 100 valence electrons. The molecule has 1 atom stereocenters. The van der Waals surface area contributed by atoms with Crippen LogP contribution in [0.15, 0.2) is 41.1 Å². The molecule has 0 bridgehead atoms. The minimum atomic E-state index is -0.171. The van der Waals surface area contributed by atoms with E-state index in [1.165, 1.54) is 6.07 Å². The first-order valence-corrected chi connectivity index (χ1v) is 6.93. The number of aryl methyl sites for hydroxylation is 1. The molecule has 0 aliphatic carbocycles. The molecule has 0 aliphatic rings. The van der Waals surface area contributed by atoms with Gasteiger partial charge in [-0.05, 0) is 61.3 Å². The van der Waals surface area contributed by atoms with E-state index >= 15 is 0 Å². The van der Waals surface area contributed by atoms with E-state index in [-0.39, 0.29) is 11.9 Å². The molecule has 2 nitrogen and oxygen atoms in total. The van der Waals surface area contributed by atoms with Gasteiger partial charge in [0.1, 0.15) is 5.82 Å². The summed E-state index contributed by atoms with van der Waals surface area (Å²) in [4.78, 5) is 4.09. The summed E-state index contributed by atoms with van der Waals surface area (Å²) in [7, 11) is 1.89. The van der Waals surface area contributed by atoms with Crippen molar-refractivity contribution in [3.63, 3.8) is 0 Å². The highest BCUT2D eigenvalue weighted by molar-refractivity contribution is 9.10. The van der Waals surface area contributed by atoms with Crippen LogP contribution in [-0.2, 0) is 6.42 Å². The maximum Gasteiger partial charge on any atom is 0.126 e. The molecule has 0 saturated carbocycles. The number of likely N-dealkylation sites (N-methyl/N-ethyl adjacent to an activating group) is 1. The summed E-state index contributed by atoms with van der Waals surface area (Å²) >= 11 is 3.38. The molecule has 0 spiro atoms. The minimum absolute atomic E-state index is 0.0757. The molecule has 1 aromatic heterocycles. The van der Waals surface area contributed by atoms with Crippen LogP contribution in [0, 0.1) is 12.7 Å². The number of pyridine rings is 1. The van der Waals surface area contributed by atoms with E-state index in [1.54, 1.807) is 12.3 Å². The van der Waals surface area contributed by atoms with E-state index in [2.05, 4.69) is 26.2 Å². The number of nitrogens with zero attached hydrogens (tertiary/aromatic N) is 1. The molecule has 4 heteroatoms. The number of rotatable bonds is 4. The highest BCUT2D eigenvalue weighted by Crippen LogP contribution is 2.24. The van der Waals surface area contributed by atoms with Crippen LogP contribution in [0.3, 0.4) is 0 Å². The van der Waals surface area contributed by atoms with Gasteiger partial charge in [0.25, 0.3) is 0 Å². The highest BCUT2D eigenvalue weighted by Gasteiger charge is 2.15. The fraction of sp³-hybridized carbons (Fsp3) is 0.267. The van der Waals surface area contributed by atoms with Gasteiger partial charge in [0.05, 0.1) is 0 Å². The van der Waals surface area contributed by atoms with Gasteiger partial charge < -0.3 is 5.32 Å². The number of hydrogen-bond donors (Lipinski definition) is 1. The summed E-state index contributed by atoms with van der Waals surface area (Å²) in [6.07, 6.45) is 4.20. The van der Waals surface area contributed by atoms with Gasteiger partial charge in [-0.15, -0.1) is 0 Å². The molecular formula is C15H16BrFN2. The van der Waals surface area contributed by atoms with E-state index in [9.17, 15) is 4.39 Å². The lowest BCUT2D eigenvalue weighted by atomic mass is 9.96. The van der Waals surface area contributed by atoms with Crippen molar-refractivity contribution in [3.8, 4) is 0 Å². The predicted molar refractivity (Wildman–Crippen MR) is 78.6 cm³/mol. The Kier molecular flexibility index (Phi) is 4.66. The molecule has 1 heterocycles. The molecule has 0 fully saturated rings. The first-order chi connectivity index (χ1) is 9.11. The van der Waals surface area contributed by atoms with Gasteiger partial charge in [-0.25, -0.2) is 4.39 Å². The van der Waals surface area contributed by atoms with E-state index in [0.29, 0.717) is 12.0 Å². The van der Waals surface area contributed by atoms with Crippen LogP contribution in [0.5, 0.6) is 0 Å². The summed E-state index contributed by atoms with van der Waals surface area (Å²) in [5.41, 5.74) is 2.96. The zero-order valence-electron chi connectivity index (χ0n) is 11.0. The molecule has 1 aromatic carbocycles. The van der Waals surface area contributed by atoms with E-state index < -0.39 is 0 Å². The molecule has 0 radical (unpaired) electrons. The Bertz CT molecular complexity index is 572. The second kappa shape index (κ2) is 6.26. The van der Waals surface area contributed by atoms with Crippen molar-refractivity contribution in [2.45, 2.75) is 19.4 Å². The van der Waals surface area contributed by atoms with Gasteiger partial charge in [0.2, 0.25) is 0 Å². The third-order valence-corrected chi connectivity index (χ3v) is 3.71. The van der Waals surface area contributed by atoms with E-state index in [0.717, 1.165) is 15.6 Å². The van der Waals surface area contributed by atoms with Crippen LogP contribution in [0.25, 0.3) is 0 Å². The Morgan fingerprint density at radius 3 is 2.84 bits per heavy atom. The summed E-state index contributed by atoms with van der Waals surface area (Å²) in [6, 6.07) is 7.09. The van der Waals surface area contributed by atoms with Gasteiger partial charge in [0, 0.05) is 22.9 Å². The zero-order chi connectivity index (χ0) is 13.8. The number of nitrogens with one attached hydrogen (secondary N) is 1. The Balaban J connectivity index is 2.29. The van der Waals surface area contributed by atoms with Crippen molar-refractivity contribution in [3.05, 3.63) is 63.6 Å². The normalized spacial score (nSPS) is 12.4. The predicted octanol–water partition coefficient (Wildman–Crippen LogP) is 3.79. The first-order valence-electron chi connectivity index (χ1n) is 6.13. The highest BCUT2D eigenvalue weighted by atomic mass is 79.9. The maximum absolute atomic E-state index is 13.8. The first kappa shape index (κ1) is 14.2. The van der Waals surface area contributed by atoms with Gasteiger partial charge in [0.15, 0.2) is 0 Å². The number of hydrogen-bond acceptors (Lipinski definition) is 2. The topological polar surface area (TPSA) is 24.9 Å². The van der Waals surface area contributed by atoms with Crippen LogP contribution in [-0.4, -0.2) is 12.0 Å². The Morgan fingerprint density at radius 2 is 2.16 bits per heavy atom. The lowest BCUT2D eigenvalue weighted by molar-refractivity contribution is 0.552. The van der Waals surface area contributed by atoms with Gasteiger partial charge in [-0.1, -0.05) is 15.9 Å². The Hall–Kier alpha value is -1.26. The smallest absolute Gasteiger partial charge is 0.126 e. The quantitative estimate of drug-likeness (QED) is 0.926. The fourth-order valence-corrected chi connectivity index (χ4v) is 2.57. The van der Waals surface area contributed by atoms with Gasteiger partial charge in [-0.2, -0.15) is 0 Å². The van der Waals surface area contributed by atoms with Crippen LogP contribution in [0.2, 0.25) is 0 Å². The summed E-state index contributed by atoms with van der Waals surface area (Å²) < 4.78 is 14.7. The van der Waals surface area contributed by atoms with Crippen molar-refractivity contribution in [1.82, 2.24) is 10.3 Å². The van der Waals surface area contributed by atoms with Gasteiger partial charge >= 0.3 is 0 Å². The van der Waals surface area contributed by atoms with Crippen LogP contribution in [0.4, 0.5) is 4.39 Å². The molecule has 2 rings (SSSR count).